The number of benzene rings is 1. The molecule has 5 nitrogen and oxygen atoms in total. The van der Waals surface area contributed by atoms with Crippen molar-refractivity contribution in [3.63, 3.8) is 0 Å². The molecule has 1 aliphatic heterocycles. The lowest BCUT2D eigenvalue weighted by Gasteiger charge is -2.26. The molecule has 2 atom stereocenters. The zero-order valence-electron chi connectivity index (χ0n) is 12.3. The van der Waals surface area contributed by atoms with Crippen molar-refractivity contribution in [1.29, 1.82) is 0 Å². The molecule has 1 aromatic rings. The highest BCUT2D eigenvalue weighted by molar-refractivity contribution is 6.32. The molecule has 1 N–H and O–H groups in total. The Balaban J connectivity index is 2.36. The number of carbonyl (C=O) groups is 1. The van der Waals surface area contributed by atoms with Gasteiger partial charge < -0.3 is 19.3 Å². The molecular weight excluding hydrogens is 296 g/mol. The van der Waals surface area contributed by atoms with E-state index in [-0.39, 0.29) is 5.92 Å². The van der Waals surface area contributed by atoms with Gasteiger partial charge in [-0.1, -0.05) is 25.4 Å². The second-order valence-electron chi connectivity index (χ2n) is 5.26. The van der Waals surface area contributed by atoms with Gasteiger partial charge in [0.2, 0.25) is 0 Å². The lowest BCUT2D eigenvalue weighted by molar-refractivity contribution is -0.152. The van der Waals surface area contributed by atoms with Crippen LogP contribution in [0.4, 0.5) is 0 Å². The molecule has 1 aromatic carbocycles. The Morgan fingerprint density at radius 1 is 1.33 bits per heavy atom. The normalized spacial score (nSPS) is 16.5. The number of halogens is 1. The minimum Gasteiger partial charge on any atom is -0.486 e. The third-order valence-corrected chi connectivity index (χ3v) is 3.77. The van der Waals surface area contributed by atoms with E-state index in [1.165, 1.54) is 7.11 Å². The van der Waals surface area contributed by atoms with Crippen LogP contribution in [0, 0.1) is 11.8 Å². The zero-order chi connectivity index (χ0) is 15.6. The molecular formula is C15H19ClO5. The minimum atomic E-state index is -1.02. The van der Waals surface area contributed by atoms with E-state index in [1.807, 2.05) is 13.8 Å². The molecule has 116 valence electrons. The Labute approximate surface area is 128 Å². The fourth-order valence-electron chi connectivity index (χ4n) is 2.41. The zero-order valence-corrected chi connectivity index (χ0v) is 13.0. The third kappa shape index (κ3) is 3.24. The minimum absolute atomic E-state index is 0.0839. The summed E-state index contributed by atoms with van der Waals surface area (Å²) >= 11 is 6.16. The molecule has 0 saturated heterocycles. The van der Waals surface area contributed by atoms with Crippen LogP contribution in [0.5, 0.6) is 11.5 Å². The maximum Gasteiger partial charge on any atom is 0.311 e. The monoisotopic (exact) mass is 314 g/mol. The van der Waals surface area contributed by atoms with Crippen molar-refractivity contribution in [3.8, 4) is 11.5 Å². The number of aliphatic hydroxyl groups excluding tert-OH is 1. The Morgan fingerprint density at radius 2 is 2.00 bits per heavy atom. The highest BCUT2D eigenvalue weighted by atomic mass is 35.5. The van der Waals surface area contributed by atoms with Gasteiger partial charge in [0.1, 0.15) is 13.2 Å². The molecule has 0 bridgehead atoms. The first-order valence-electron chi connectivity index (χ1n) is 6.80. The number of fused-ring (bicyclic) bond motifs is 1. The molecule has 0 amide bonds. The van der Waals surface area contributed by atoms with Crippen LogP contribution in [0.2, 0.25) is 5.02 Å². The van der Waals surface area contributed by atoms with Crippen LogP contribution in [0.15, 0.2) is 12.1 Å². The summed E-state index contributed by atoms with van der Waals surface area (Å²) < 4.78 is 15.7. The number of carbonyl (C=O) groups excluding carboxylic acids is 1. The molecule has 0 radical (unpaired) electrons. The Morgan fingerprint density at radius 3 is 2.62 bits per heavy atom. The first kappa shape index (κ1) is 15.9. The second-order valence-corrected chi connectivity index (χ2v) is 5.67. The van der Waals surface area contributed by atoms with Crippen LogP contribution in [0.25, 0.3) is 0 Å². The van der Waals surface area contributed by atoms with Gasteiger partial charge in [-0.15, -0.1) is 0 Å². The van der Waals surface area contributed by atoms with Gasteiger partial charge in [0.05, 0.1) is 24.2 Å². The van der Waals surface area contributed by atoms with Crippen molar-refractivity contribution in [1.82, 2.24) is 0 Å². The maximum atomic E-state index is 11.9. The van der Waals surface area contributed by atoms with Crippen molar-refractivity contribution in [2.75, 3.05) is 20.3 Å². The van der Waals surface area contributed by atoms with E-state index in [1.54, 1.807) is 12.1 Å². The predicted molar refractivity (Wildman–Crippen MR) is 77.7 cm³/mol. The van der Waals surface area contributed by atoms with E-state index in [2.05, 4.69) is 0 Å². The van der Waals surface area contributed by atoms with Crippen LogP contribution in [0.3, 0.4) is 0 Å². The molecule has 6 heteroatoms. The Bertz CT molecular complexity index is 529. The summed E-state index contributed by atoms with van der Waals surface area (Å²) in [5.41, 5.74) is 0.508. The molecule has 1 aliphatic rings. The maximum absolute atomic E-state index is 11.9. The molecule has 2 unspecified atom stereocenters. The van der Waals surface area contributed by atoms with Crippen molar-refractivity contribution in [2.45, 2.75) is 20.0 Å². The molecule has 1 heterocycles. The molecule has 0 saturated carbocycles. The Hall–Kier alpha value is -1.46. The molecule has 0 spiro atoms. The van der Waals surface area contributed by atoms with E-state index < -0.39 is 18.0 Å². The Kier molecular flexibility index (Phi) is 4.96. The summed E-state index contributed by atoms with van der Waals surface area (Å²) in [7, 11) is 1.31. The van der Waals surface area contributed by atoms with Crippen molar-refractivity contribution in [2.24, 2.45) is 11.8 Å². The van der Waals surface area contributed by atoms with Crippen LogP contribution >= 0.6 is 11.6 Å². The van der Waals surface area contributed by atoms with Crippen molar-refractivity contribution in [3.05, 3.63) is 22.7 Å². The summed E-state index contributed by atoms with van der Waals surface area (Å²) in [6, 6.07) is 3.25. The molecule has 2 rings (SSSR count). The first-order chi connectivity index (χ1) is 9.95. The van der Waals surface area contributed by atoms with E-state index in [0.29, 0.717) is 35.3 Å². The number of hydrogen-bond donors (Lipinski definition) is 1. The molecule has 0 fully saturated rings. The topological polar surface area (TPSA) is 65.0 Å². The smallest absolute Gasteiger partial charge is 0.311 e. The van der Waals surface area contributed by atoms with Gasteiger partial charge in [0.25, 0.3) is 0 Å². The summed E-state index contributed by atoms with van der Waals surface area (Å²) in [5, 5.41) is 10.9. The van der Waals surface area contributed by atoms with Gasteiger partial charge in [-0.2, -0.15) is 0 Å². The van der Waals surface area contributed by atoms with Crippen molar-refractivity contribution < 1.29 is 24.1 Å². The fraction of sp³-hybridized carbons (Fsp3) is 0.533. The summed E-state index contributed by atoms with van der Waals surface area (Å²) in [6.07, 6.45) is -1.02. The van der Waals surface area contributed by atoms with Crippen LogP contribution in [-0.2, 0) is 9.53 Å². The van der Waals surface area contributed by atoms with Gasteiger partial charge >= 0.3 is 5.97 Å². The average Bonchev–Trinajstić information content (AvgIpc) is 2.46. The third-order valence-electron chi connectivity index (χ3n) is 3.49. The average molecular weight is 315 g/mol. The van der Waals surface area contributed by atoms with E-state index >= 15 is 0 Å². The summed E-state index contributed by atoms with van der Waals surface area (Å²) in [6.45, 7) is 4.56. The summed E-state index contributed by atoms with van der Waals surface area (Å²) in [4.78, 5) is 11.9. The van der Waals surface area contributed by atoms with Gasteiger partial charge in [-0.05, 0) is 23.6 Å². The lowest BCUT2D eigenvalue weighted by atomic mass is 9.86. The first-order valence-corrected chi connectivity index (χ1v) is 7.18. The van der Waals surface area contributed by atoms with Crippen LogP contribution in [-0.4, -0.2) is 31.4 Å². The van der Waals surface area contributed by atoms with Gasteiger partial charge in [-0.25, -0.2) is 0 Å². The number of ether oxygens (including phenoxy) is 3. The number of methoxy groups -OCH3 is 1. The molecule has 0 aromatic heterocycles. The second kappa shape index (κ2) is 6.54. The highest BCUT2D eigenvalue weighted by Gasteiger charge is 2.33. The molecule has 21 heavy (non-hydrogen) atoms. The van der Waals surface area contributed by atoms with E-state index in [0.717, 1.165) is 0 Å². The van der Waals surface area contributed by atoms with E-state index in [4.69, 9.17) is 25.8 Å². The number of esters is 1. The van der Waals surface area contributed by atoms with Gasteiger partial charge in [-0.3, -0.25) is 4.79 Å². The lowest BCUT2D eigenvalue weighted by Crippen LogP contribution is -2.28. The number of aliphatic hydroxyl groups is 1. The number of rotatable bonds is 4. The van der Waals surface area contributed by atoms with Gasteiger partial charge in [0.15, 0.2) is 11.5 Å². The summed E-state index contributed by atoms with van der Waals surface area (Å²) in [5.74, 6) is -0.259. The standard InChI is InChI=1S/C15H19ClO5/c1-8(2)12(15(18)19-3)13(17)9-6-10(16)14-11(7-9)20-4-5-21-14/h6-8,12-13,17H,4-5H2,1-3H3. The van der Waals surface area contributed by atoms with Gasteiger partial charge in [0, 0.05) is 0 Å². The predicted octanol–water partition coefficient (Wildman–Crippen LogP) is 2.59. The van der Waals surface area contributed by atoms with Crippen LogP contribution < -0.4 is 9.47 Å². The van der Waals surface area contributed by atoms with Crippen LogP contribution in [0.1, 0.15) is 25.5 Å². The highest BCUT2D eigenvalue weighted by Crippen LogP contribution is 2.41. The molecule has 0 aliphatic carbocycles. The SMILES string of the molecule is COC(=O)C(C(C)C)C(O)c1cc(Cl)c2c(c1)OCCO2. The fourth-order valence-corrected chi connectivity index (χ4v) is 2.68. The largest absolute Gasteiger partial charge is 0.486 e. The number of hydrogen-bond acceptors (Lipinski definition) is 5. The van der Waals surface area contributed by atoms with E-state index in [9.17, 15) is 9.90 Å². The van der Waals surface area contributed by atoms with Crippen molar-refractivity contribution >= 4 is 17.6 Å². The quantitative estimate of drug-likeness (QED) is 0.865.